The molecule has 0 heterocycles. The molecule has 1 N–H and O–H groups in total. The number of carbonyl (C=O) groups is 1. The molecule has 2 aromatic rings. The van der Waals surface area contributed by atoms with Crippen molar-refractivity contribution in [2.24, 2.45) is 0 Å². The Morgan fingerprint density at radius 2 is 1.86 bits per heavy atom. The minimum Gasteiger partial charge on any atom is -0.350 e. The number of amides is 1. The first kappa shape index (κ1) is 23.3. The van der Waals surface area contributed by atoms with Gasteiger partial charge in [-0.15, -0.1) is 6.58 Å². The van der Waals surface area contributed by atoms with Crippen molar-refractivity contribution in [1.82, 2.24) is 5.32 Å². The van der Waals surface area contributed by atoms with Gasteiger partial charge in [0, 0.05) is 11.1 Å². The van der Waals surface area contributed by atoms with Crippen LogP contribution in [-0.4, -0.2) is 26.9 Å². The lowest BCUT2D eigenvalue weighted by molar-refractivity contribution is 0.0938. The molecule has 0 bridgehead atoms. The third-order valence-corrected chi connectivity index (χ3v) is 6.65. The summed E-state index contributed by atoms with van der Waals surface area (Å²) in [6.45, 7) is 7.61. The second-order valence-electron chi connectivity index (χ2n) is 6.61. The average molecular weight is 455 g/mol. The summed E-state index contributed by atoms with van der Waals surface area (Å²) in [5.74, 6) is -0.408. The predicted molar refractivity (Wildman–Crippen MR) is 119 cm³/mol. The molecule has 0 aliphatic heterocycles. The Bertz CT molecular complexity index is 976. The van der Waals surface area contributed by atoms with Gasteiger partial charge < -0.3 is 5.32 Å². The van der Waals surface area contributed by atoms with Gasteiger partial charge in [0.1, 0.15) is 0 Å². The molecular weight excluding hydrogens is 431 g/mol. The van der Waals surface area contributed by atoms with Gasteiger partial charge in [-0.05, 0) is 55.8 Å². The third kappa shape index (κ3) is 5.75. The number of rotatable bonds is 9. The summed E-state index contributed by atoms with van der Waals surface area (Å²) in [5.41, 5.74) is 0.553. The lowest BCUT2D eigenvalue weighted by Crippen LogP contribution is -2.33. The number of sulfonamides is 1. The molecule has 2 aromatic carbocycles. The van der Waals surface area contributed by atoms with Crippen molar-refractivity contribution < 1.29 is 13.2 Å². The van der Waals surface area contributed by atoms with Crippen LogP contribution in [0.25, 0.3) is 0 Å². The van der Waals surface area contributed by atoms with Crippen LogP contribution in [0.15, 0.2) is 60.0 Å². The number of benzene rings is 2. The maximum absolute atomic E-state index is 13.3. The number of nitrogens with zero attached hydrogens (tertiary/aromatic N) is 1. The highest BCUT2D eigenvalue weighted by atomic mass is 35.5. The van der Waals surface area contributed by atoms with E-state index in [0.717, 1.165) is 12.8 Å². The van der Waals surface area contributed by atoms with E-state index in [0.29, 0.717) is 10.7 Å². The Morgan fingerprint density at radius 3 is 2.45 bits per heavy atom. The average Bonchev–Trinajstić information content (AvgIpc) is 2.67. The standard InChI is InChI=1S/C21H24Cl2N2O3S/c1-4-6-15(3)24-21(26)19-14-18(11-12-20(19)23)29(27,28)25(13-5-2)17-9-7-16(22)8-10-17/h5,7-12,14-15H,2,4,6,13H2,1,3H3,(H,24,26)/t15-/m1/s1. The molecule has 1 atom stereocenters. The number of nitrogens with one attached hydrogen (secondary N) is 1. The summed E-state index contributed by atoms with van der Waals surface area (Å²) in [5, 5.41) is 3.53. The van der Waals surface area contributed by atoms with Gasteiger partial charge in [0.15, 0.2) is 0 Å². The Balaban J connectivity index is 2.44. The van der Waals surface area contributed by atoms with Crippen molar-refractivity contribution in [3.63, 3.8) is 0 Å². The van der Waals surface area contributed by atoms with Gasteiger partial charge in [0.2, 0.25) is 0 Å². The molecule has 8 heteroatoms. The molecular formula is C21H24Cl2N2O3S. The fourth-order valence-electron chi connectivity index (χ4n) is 2.84. The quantitative estimate of drug-likeness (QED) is 0.523. The van der Waals surface area contributed by atoms with Crippen LogP contribution < -0.4 is 9.62 Å². The van der Waals surface area contributed by atoms with Crippen LogP contribution in [0.3, 0.4) is 0 Å². The van der Waals surface area contributed by atoms with Crippen molar-refractivity contribution in [3.05, 3.63) is 70.7 Å². The first-order chi connectivity index (χ1) is 13.7. The van der Waals surface area contributed by atoms with Gasteiger partial charge in [-0.1, -0.05) is 42.6 Å². The molecule has 0 unspecified atom stereocenters. The summed E-state index contributed by atoms with van der Waals surface area (Å²) in [7, 11) is -3.96. The van der Waals surface area contributed by atoms with Gasteiger partial charge in [-0.25, -0.2) is 8.42 Å². The van der Waals surface area contributed by atoms with E-state index in [1.54, 1.807) is 24.3 Å². The molecule has 5 nitrogen and oxygen atoms in total. The second kappa shape index (κ2) is 10.1. The van der Waals surface area contributed by atoms with Gasteiger partial charge in [0.25, 0.3) is 15.9 Å². The zero-order valence-electron chi connectivity index (χ0n) is 16.4. The smallest absolute Gasteiger partial charge is 0.264 e. The largest absolute Gasteiger partial charge is 0.350 e. The summed E-state index contributed by atoms with van der Waals surface area (Å²) >= 11 is 12.1. The number of halogens is 2. The van der Waals surface area contributed by atoms with Crippen molar-refractivity contribution in [2.45, 2.75) is 37.6 Å². The van der Waals surface area contributed by atoms with Gasteiger partial charge in [-0.3, -0.25) is 9.10 Å². The molecule has 29 heavy (non-hydrogen) atoms. The van der Waals surface area contributed by atoms with Crippen LogP contribution in [0, 0.1) is 0 Å². The lowest BCUT2D eigenvalue weighted by Gasteiger charge is -2.23. The maximum Gasteiger partial charge on any atom is 0.264 e. The molecule has 1 amide bonds. The van der Waals surface area contributed by atoms with Crippen LogP contribution in [0.2, 0.25) is 10.0 Å². The Kier molecular flexibility index (Phi) is 8.14. The van der Waals surface area contributed by atoms with E-state index < -0.39 is 15.9 Å². The molecule has 0 saturated carbocycles. The Morgan fingerprint density at radius 1 is 1.21 bits per heavy atom. The zero-order valence-corrected chi connectivity index (χ0v) is 18.7. The van der Waals surface area contributed by atoms with E-state index in [4.69, 9.17) is 23.2 Å². The Labute approximate surface area is 182 Å². The van der Waals surface area contributed by atoms with E-state index in [1.807, 2.05) is 13.8 Å². The monoisotopic (exact) mass is 454 g/mol. The molecule has 0 saturated heterocycles. The summed E-state index contributed by atoms with van der Waals surface area (Å²) < 4.78 is 27.8. The van der Waals surface area contributed by atoms with E-state index in [-0.39, 0.29) is 28.1 Å². The highest BCUT2D eigenvalue weighted by Crippen LogP contribution is 2.28. The predicted octanol–water partition coefficient (Wildman–Crippen LogP) is 5.29. The van der Waals surface area contributed by atoms with Crippen LogP contribution in [0.5, 0.6) is 0 Å². The molecule has 0 aliphatic rings. The van der Waals surface area contributed by atoms with Crippen molar-refractivity contribution in [3.8, 4) is 0 Å². The van der Waals surface area contributed by atoms with Crippen molar-refractivity contribution >= 4 is 44.8 Å². The third-order valence-electron chi connectivity index (χ3n) is 4.28. The fraction of sp³-hybridized carbons (Fsp3) is 0.286. The Hall–Kier alpha value is -2.02. The van der Waals surface area contributed by atoms with Crippen LogP contribution in [0.4, 0.5) is 5.69 Å². The van der Waals surface area contributed by atoms with Gasteiger partial charge in [-0.2, -0.15) is 0 Å². The first-order valence-electron chi connectivity index (χ1n) is 9.20. The first-order valence-corrected chi connectivity index (χ1v) is 11.4. The van der Waals surface area contributed by atoms with Crippen LogP contribution >= 0.6 is 23.2 Å². The number of anilines is 1. The second-order valence-corrected chi connectivity index (χ2v) is 9.31. The molecule has 2 rings (SSSR count). The van der Waals surface area contributed by atoms with E-state index in [9.17, 15) is 13.2 Å². The highest BCUT2D eigenvalue weighted by Gasteiger charge is 2.26. The normalized spacial score (nSPS) is 12.3. The van der Waals surface area contributed by atoms with Crippen molar-refractivity contribution in [2.75, 3.05) is 10.8 Å². The zero-order chi connectivity index (χ0) is 21.6. The maximum atomic E-state index is 13.3. The summed E-state index contributed by atoms with van der Waals surface area (Å²) in [6.07, 6.45) is 3.22. The lowest BCUT2D eigenvalue weighted by atomic mass is 10.1. The van der Waals surface area contributed by atoms with Crippen LogP contribution in [0.1, 0.15) is 37.0 Å². The molecule has 0 fully saturated rings. The summed E-state index contributed by atoms with van der Waals surface area (Å²) in [4.78, 5) is 12.6. The van der Waals surface area contributed by atoms with Crippen LogP contribution in [-0.2, 0) is 10.0 Å². The molecule has 0 spiro atoms. The highest BCUT2D eigenvalue weighted by molar-refractivity contribution is 7.92. The van der Waals surface area contributed by atoms with Gasteiger partial charge in [0.05, 0.1) is 27.7 Å². The number of hydrogen-bond acceptors (Lipinski definition) is 3. The molecule has 0 aromatic heterocycles. The number of hydrogen-bond donors (Lipinski definition) is 1. The minimum absolute atomic E-state index is 0.0352. The summed E-state index contributed by atoms with van der Waals surface area (Å²) in [6, 6.07) is 10.5. The van der Waals surface area contributed by atoms with E-state index in [1.165, 1.54) is 28.6 Å². The molecule has 0 aliphatic carbocycles. The fourth-order valence-corrected chi connectivity index (χ4v) is 4.63. The minimum atomic E-state index is -3.96. The van der Waals surface area contributed by atoms with E-state index >= 15 is 0 Å². The van der Waals surface area contributed by atoms with Crippen molar-refractivity contribution in [1.29, 1.82) is 0 Å². The SMILES string of the molecule is C=CCN(c1ccc(Cl)cc1)S(=O)(=O)c1ccc(Cl)c(C(=O)N[C@H](C)CCC)c1. The van der Waals surface area contributed by atoms with E-state index in [2.05, 4.69) is 11.9 Å². The number of carbonyl (C=O) groups excluding carboxylic acids is 1. The van der Waals surface area contributed by atoms with Gasteiger partial charge >= 0.3 is 0 Å². The topological polar surface area (TPSA) is 66.5 Å². The molecule has 156 valence electrons. The molecule has 0 radical (unpaired) electrons.